The van der Waals surface area contributed by atoms with E-state index in [4.69, 9.17) is 0 Å². The van der Waals surface area contributed by atoms with Gasteiger partial charge in [-0.25, -0.2) is 9.97 Å². The maximum absolute atomic E-state index is 12.8. The molecule has 0 fully saturated rings. The predicted octanol–water partition coefficient (Wildman–Crippen LogP) is 3.76. The first-order valence-electron chi connectivity index (χ1n) is 7.25. The average Bonchev–Trinajstić information content (AvgIpc) is 2.61. The Labute approximate surface area is 137 Å². The average molecular weight is 339 g/mol. The van der Waals surface area contributed by atoms with Gasteiger partial charge in [0.1, 0.15) is 5.69 Å². The Morgan fingerprint density at radius 3 is 2.04 bits per heavy atom. The lowest BCUT2D eigenvalue weighted by molar-refractivity contribution is -0.138. The van der Waals surface area contributed by atoms with E-state index in [1.807, 2.05) is 13.8 Å². The number of Topliss-reactive ketones (excluding diaryl/α,β-unsaturated/α-hetero) is 2. The van der Waals surface area contributed by atoms with Crippen molar-refractivity contribution in [3.8, 4) is 0 Å². The topological polar surface area (TPSA) is 72.8 Å². The second kappa shape index (κ2) is 8.85. The first-order valence-corrected chi connectivity index (χ1v) is 7.25. The monoisotopic (exact) mass is 339 g/mol. The molecule has 2 heterocycles. The minimum atomic E-state index is -4.67. The van der Waals surface area contributed by atoms with Crippen molar-refractivity contribution < 1.29 is 22.8 Å². The summed E-state index contributed by atoms with van der Waals surface area (Å²) in [6.07, 6.45) is -1.52. The highest BCUT2D eigenvalue weighted by Crippen LogP contribution is 2.31. The number of rotatable bonds is 5. The Kier molecular flexibility index (Phi) is 7.16. The second-order valence-electron chi connectivity index (χ2n) is 4.32. The molecule has 0 amide bonds. The number of carbonyl (C=O) groups excluding carboxylic acids is 2. The quantitative estimate of drug-likeness (QED) is 0.776. The molecule has 2 aromatic heterocycles. The van der Waals surface area contributed by atoms with Crippen LogP contribution in [0.5, 0.6) is 0 Å². The minimum absolute atomic E-state index is 0.0765. The van der Waals surface area contributed by atoms with Gasteiger partial charge in [-0.15, -0.1) is 0 Å². The van der Waals surface area contributed by atoms with E-state index in [2.05, 4.69) is 15.0 Å². The van der Waals surface area contributed by atoms with Gasteiger partial charge in [-0.2, -0.15) is 13.2 Å². The van der Waals surface area contributed by atoms with Gasteiger partial charge in [-0.1, -0.05) is 13.8 Å². The number of hydrogen-bond acceptors (Lipinski definition) is 5. The molecular formula is C16H16F3N3O2. The molecule has 0 saturated carbocycles. The van der Waals surface area contributed by atoms with E-state index >= 15 is 0 Å². The fourth-order valence-corrected chi connectivity index (χ4v) is 1.76. The van der Waals surface area contributed by atoms with E-state index in [1.165, 1.54) is 18.5 Å². The van der Waals surface area contributed by atoms with Crippen LogP contribution in [0.1, 0.15) is 53.4 Å². The molecule has 0 unspecified atom stereocenters. The van der Waals surface area contributed by atoms with Crippen molar-refractivity contribution in [2.45, 2.75) is 32.9 Å². The summed E-state index contributed by atoms with van der Waals surface area (Å²) in [4.78, 5) is 34.6. The van der Waals surface area contributed by atoms with Crippen molar-refractivity contribution >= 4 is 11.6 Å². The highest BCUT2D eigenvalue weighted by Gasteiger charge is 2.35. The fraction of sp³-hybridized carbons (Fsp3) is 0.312. The zero-order valence-corrected chi connectivity index (χ0v) is 13.2. The van der Waals surface area contributed by atoms with Crippen molar-refractivity contribution in [1.82, 2.24) is 15.0 Å². The molecule has 5 nitrogen and oxygen atoms in total. The largest absolute Gasteiger partial charge is 0.418 e. The molecule has 2 rings (SSSR count). The lowest BCUT2D eigenvalue weighted by Crippen LogP contribution is -2.16. The summed E-state index contributed by atoms with van der Waals surface area (Å²) in [5, 5.41) is 0. The van der Waals surface area contributed by atoms with E-state index in [1.54, 1.807) is 0 Å². The molecule has 0 aliphatic carbocycles. The molecule has 0 bridgehead atoms. The normalized spacial score (nSPS) is 10.5. The third kappa shape index (κ3) is 5.22. The van der Waals surface area contributed by atoms with Gasteiger partial charge in [0, 0.05) is 31.4 Å². The molecular weight excluding hydrogens is 323 g/mol. The number of nitrogens with zero attached hydrogens (tertiary/aromatic N) is 3. The number of aromatic nitrogens is 3. The first kappa shape index (κ1) is 19.4. The van der Waals surface area contributed by atoms with E-state index in [0.717, 1.165) is 18.3 Å². The third-order valence-corrected chi connectivity index (χ3v) is 2.77. The summed E-state index contributed by atoms with van der Waals surface area (Å²) in [5.74, 6) is -1.44. The van der Waals surface area contributed by atoms with Crippen LogP contribution < -0.4 is 0 Å². The van der Waals surface area contributed by atoms with Crippen molar-refractivity contribution in [1.29, 1.82) is 0 Å². The first-order chi connectivity index (χ1) is 11.4. The second-order valence-corrected chi connectivity index (χ2v) is 4.32. The third-order valence-electron chi connectivity index (χ3n) is 2.77. The molecule has 0 aliphatic rings. The molecule has 8 heteroatoms. The number of hydrogen-bond donors (Lipinski definition) is 0. The summed E-state index contributed by atoms with van der Waals surface area (Å²) in [7, 11) is 0. The van der Waals surface area contributed by atoms with Crippen LogP contribution in [0.3, 0.4) is 0 Å². The van der Waals surface area contributed by atoms with E-state index < -0.39 is 35.4 Å². The van der Waals surface area contributed by atoms with Gasteiger partial charge in [-0.3, -0.25) is 14.6 Å². The molecule has 0 spiro atoms. The summed E-state index contributed by atoms with van der Waals surface area (Å²) in [6, 6.07) is 3.40. The van der Waals surface area contributed by atoms with Crippen molar-refractivity contribution in [3.05, 3.63) is 53.9 Å². The molecule has 2 aromatic rings. The van der Waals surface area contributed by atoms with Crippen LogP contribution >= 0.6 is 0 Å². The summed E-state index contributed by atoms with van der Waals surface area (Å²) < 4.78 is 38.4. The summed E-state index contributed by atoms with van der Waals surface area (Å²) >= 11 is 0. The number of carbonyl (C=O) groups is 2. The summed E-state index contributed by atoms with van der Waals surface area (Å²) in [5.41, 5.74) is -1.79. The maximum atomic E-state index is 12.8. The number of ketones is 2. The molecule has 0 radical (unpaired) electrons. The van der Waals surface area contributed by atoms with Crippen LogP contribution in [0.2, 0.25) is 0 Å². The Morgan fingerprint density at radius 2 is 1.46 bits per heavy atom. The maximum Gasteiger partial charge on any atom is 0.418 e. The number of halogens is 3. The Morgan fingerprint density at radius 1 is 0.917 bits per heavy atom. The molecule has 0 saturated heterocycles. The van der Waals surface area contributed by atoms with Gasteiger partial charge in [0.15, 0.2) is 17.4 Å². The van der Waals surface area contributed by atoms with Gasteiger partial charge in [-0.05, 0) is 18.2 Å². The zero-order chi connectivity index (χ0) is 18.2. The molecule has 24 heavy (non-hydrogen) atoms. The van der Waals surface area contributed by atoms with Gasteiger partial charge >= 0.3 is 6.18 Å². The van der Waals surface area contributed by atoms with E-state index in [9.17, 15) is 22.8 Å². The van der Waals surface area contributed by atoms with Gasteiger partial charge in [0.2, 0.25) is 0 Å². The molecule has 0 N–H and O–H groups in total. The van der Waals surface area contributed by atoms with Crippen LogP contribution in [0, 0.1) is 0 Å². The highest BCUT2D eigenvalue weighted by molar-refractivity contribution is 6.00. The van der Waals surface area contributed by atoms with Gasteiger partial charge in [0.05, 0.1) is 5.56 Å². The standard InChI is InChI=1S/C14H10F3N3O2.C2H6/c15-14(16,17)9-3-1-6-18-12(9)10(21)4-5-11(22)13-19-7-2-8-20-13;1-2/h1-3,6-8H,4-5H2;1-2H3. The van der Waals surface area contributed by atoms with Crippen LogP contribution in [0.25, 0.3) is 0 Å². The molecule has 0 aliphatic heterocycles. The van der Waals surface area contributed by atoms with Crippen LogP contribution in [-0.4, -0.2) is 26.5 Å². The lowest BCUT2D eigenvalue weighted by Gasteiger charge is -2.10. The van der Waals surface area contributed by atoms with Gasteiger partial charge < -0.3 is 0 Å². The zero-order valence-electron chi connectivity index (χ0n) is 13.2. The van der Waals surface area contributed by atoms with Gasteiger partial charge in [0.25, 0.3) is 0 Å². The fourth-order valence-electron chi connectivity index (χ4n) is 1.76. The Hall–Kier alpha value is -2.64. The smallest absolute Gasteiger partial charge is 0.292 e. The SMILES string of the molecule is CC.O=C(CCC(=O)c1ncccc1C(F)(F)F)c1ncccn1. The number of pyridine rings is 1. The van der Waals surface area contributed by atoms with Crippen LogP contribution in [-0.2, 0) is 6.18 Å². The Bertz CT molecular complexity index is 688. The van der Waals surface area contributed by atoms with Crippen LogP contribution in [0.4, 0.5) is 13.2 Å². The van der Waals surface area contributed by atoms with Crippen LogP contribution in [0.15, 0.2) is 36.8 Å². The highest BCUT2D eigenvalue weighted by atomic mass is 19.4. The minimum Gasteiger partial charge on any atom is -0.292 e. The number of alkyl halides is 3. The molecule has 0 aromatic carbocycles. The van der Waals surface area contributed by atoms with Crippen molar-refractivity contribution in [2.75, 3.05) is 0 Å². The Balaban J connectivity index is 0.00000139. The molecule has 128 valence electrons. The predicted molar refractivity (Wildman–Crippen MR) is 80.5 cm³/mol. The van der Waals surface area contributed by atoms with Crippen molar-refractivity contribution in [2.24, 2.45) is 0 Å². The van der Waals surface area contributed by atoms with E-state index in [0.29, 0.717) is 0 Å². The van der Waals surface area contributed by atoms with E-state index in [-0.39, 0.29) is 12.2 Å². The molecule has 0 atom stereocenters. The van der Waals surface area contributed by atoms with Crippen molar-refractivity contribution in [3.63, 3.8) is 0 Å². The summed E-state index contributed by atoms with van der Waals surface area (Å²) in [6.45, 7) is 4.00. The lowest BCUT2D eigenvalue weighted by atomic mass is 10.0.